The van der Waals surface area contributed by atoms with Gasteiger partial charge in [-0.25, -0.2) is 0 Å². The number of ether oxygens (including phenoxy) is 3. The Labute approximate surface area is 152 Å². The van der Waals surface area contributed by atoms with Gasteiger partial charge in [-0.1, -0.05) is 29.8 Å². The number of rotatable bonds is 9. The molecule has 2 aromatic rings. The Bertz CT molecular complexity index is 706. The second-order valence-corrected chi connectivity index (χ2v) is 5.76. The molecule has 134 valence electrons. The number of carbonyl (C=O) groups excluding carboxylic acids is 1. The van der Waals surface area contributed by atoms with E-state index in [0.29, 0.717) is 41.8 Å². The fraction of sp³-hybridized carbons (Fsp3) is 0.316. The van der Waals surface area contributed by atoms with Gasteiger partial charge in [-0.3, -0.25) is 4.79 Å². The molecule has 0 aliphatic rings. The van der Waals surface area contributed by atoms with E-state index in [1.165, 1.54) is 7.11 Å². The van der Waals surface area contributed by atoms with Crippen LogP contribution in [0, 0.1) is 0 Å². The van der Waals surface area contributed by atoms with Crippen molar-refractivity contribution in [2.75, 3.05) is 27.4 Å². The van der Waals surface area contributed by atoms with Gasteiger partial charge < -0.3 is 19.5 Å². The van der Waals surface area contributed by atoms with Crippen molar-refractivity contribution in [3.8, 4) is 11.5 Å². The summed E-state index contributed by atoms with van der Waals surface area (Å²) in [6, 6.07) is 12.6. The van der Waals surface area contributed by atoms with Gasteiger partial charge in [0.15, 0.2) is 11.5 Å². The van der Waals surface area contributed by atoms with Crippen LogP contribution in [-0.4, -0.2) is 33.3 Å². The maximum Gasteiger partial charge on any atom is 0.251 e. The van der Waals surface area contributed by atoms with E-state index in [0.717, 1.165) is 12.0 Å². The van der Waals surface area contributed by atoms with Gasteiger partial charge in [0.05, 0.1) is 7.11 Å². The van der Waals surface area contributed by atoms with Crippen LogP contribution in [0.4, 0.5) is 0 Å². The minimum absolute atomic E-state index is 0.160. The highest BCUT2D eigenvalue weighted by atomic mass is 35.5. The Morgan fingerprint density at radius 1 is 1.12 bits per heavy atom. The SMILES string of the molecule is COCCCNC(=O)c1ccc(OCc2ccccc2Cl)c(OC)c1. The molecule has 0 saturated carbocycles. The second kappa shape index (κ2) is 9.91. The van der Waals surface area contributed by atoms with Crippen molar-refractivity contribution < 1.29 is 19.0 Å². The van der Waals surface area contributed by atoms with Crippen molar-refractivity contribution in [2.24, 2.45) is 0 Å². The molecule has 0 heterocycles. The number of nitrogens with one attached hydrogen (secondary N) is 1. The van der Waals surface area contributed by atoms with Crippen molar-refractivity contribution in [3.63, 3.8) is 0 Å². The highest BCUT2D eigenvalue weighted by Crippen LogP contribution is 2.29. The fourth-order valence-corrected chi connectivity index (χ4v) is 2.41. The molecule has 0 fully saturated rings. The van der Waals surface area contributed by atoms with Crippen LogP contribution >= 0.6 is 11.6 Å². The lowest BCUT2D eigenvalue weighted by Crippen LogP contribution is -2.25. The lowest BCUT2D eigenvalue weighted by molar-refractivity contribution is 0.0948. The molecule has 6 heteroatoms. The smallest absolute Gasteiger partial charge is 0.251 e. The van der Waals surface area contributed by atoms with Crippen LogP contribution in [0.3, 0.4) is 0 Å². The van der Waals surface area contributed by atoms with E-state index < -0.39 is 0 Å². The summed E-state index contributed by atoms with van der Waals surface area (Å²) in [5.74, 6) is 0.891. The van der Waals surface area contributed by atoms with E-state index in [9.17, 15) is 4.79 Å². The first-order valence-corrected chi connectivity index (χ1v) is 8.35. The molecular formula is C19H22ClNO4. The normalized spacial score (nSPS) is 10.4. The Morgan fingerprint density at radius 3 is 2.64 bits per heavy atom. The minimum atomic E-state index is -0.160. The summed E-state index contributed by atoms with van der Waals surface area (Å²) in [6.07, 6.45) is 0.762. The summed E-state index contributed by atoms with van der Waals surface area (Å²) < 4.78 is 16.1. The molecule has 0 aliphatic carbocycles. The number of methoxy groups -OCH3 is 2. The number of halogens is 1. The number of hydrogen-bond acceptors (Lipinski definition) is 4. The zero-order valence-electron chi connectivity index (χ0n) is 14.4. The molecule has 2 aromatic carbocycles. The first-order valence-electron chi connectivity index (χ1n) is 7.97. The number of amides is 1. The Balaban J connectivity index is 2.01. The number of benzene rings is 2. The maximum absolute atomic E-state index is 12.1. The molecule has 0 atom stereocenters. The molecule has 1 amide bonds. The molecule has 1 N–H and O–H groups in total. The topological polar surface area (TPSA) is 56.8 Å². The largest absolute Gasteiger partial charge is 0.493 e. The predicted molar refractivity (Wildman–Crippen MR) is 97.6 cm³/mol. The zero-order chi connectivity index (χ0) is 18.1. The third kappa shape index (κ3) is 5.66. The molecule has 5 nitrogen and oxygen atoms in total. The monoisotopic (exact) mass is 363 g/mol. The van der Waals surface area contributed by atoms with Crippen molar-refractivity contribution >= 4 is 17.5 Å². The van der Waals surface area contributed by atoms with Gasteiger partial charge in [0.1, 0.15) is 6.61 Å². The van der Waals surface area contributed by atoms with Gasteiger partial charge in [-0.2, -0.15) is 0 Å². The molecule has 25 heavy (non-hydrogen) atoms. The van der Waals surface area contributed by atoms with E-state index in [4.69, 9.17) is 25.8 Å². The summed E-state index contributed by atoms with van der Waals surface area (Å²) >= 11 is 6.13. The molecule has 0 radical (unpaired) electrons. The van der Waals surface area contributed by atoms with E-state index in [1.807, 2.05) is 24.3 Å². The number of carbonyl (C=O) groups is 1. The maximum atomic E-state index is 12.1. The summed E-state index contributed by atoms with van der Waals surface area (Å²) in [5, 5.41) is 3.48. The van der Waals surface area contributed by atoms with Crippen molar-refractivity contribution in [1.29, 1.82) is 0 Å². The lowest BCUT2D eigenvalue weighted by atomic mass is 10.2. The Hall–Kier alpha value is -2.24. The van der Waals surface area contributed by atoms with E-state index in [1.54, 1.807) is 25.3 Å². The van der Waals surface area contributed by atoms with Crippen LogP contribution in [0.5, 0.6) is 11.5 Å². The first kappa shape index (κ1) is 19.1. The van der Waals surface area contributed by atoms with Crippen LogP contribution < -0.4 is 14.8 Å². The minimum Gasteiger partial charge on any atom is -0.493 e. The first-order chi connectivity index (χ1) is 12.2. The summed E-state index contributed by atoms with van der Waals surface area (Å²) in [6.45, 7) is 1.48. The molecule has 2 rings (SSSR count). The van der Waals surface area contributed by atoms with Gasteiger partial charge in [0.25, 0.3) is 5.91 Å². The molecule has 0 aromatic heterocycles. The molecule has 0 unspecified atom stereocenters. The zero-order valence-corrected chi connectivity index (χ0v) is 15.1. The van der Waals surface area contributed by atoms with Crippen LogP contribution in [0.2, 0.25) is 5.02 Å². The van der Waals surface area contributed by atoms with Crippen molar-refractivity contribution in [2.45, 2.75) is 13.0 Å². The van der Waals surface area contributed by atoms with Crippen molar-refractivity contribution in [1.82, 2.24) is 5.32 Å². The van der Waals surface area contributed by atoms with Crippen molar-refractivity contribution in [3.05, 3.63) is 58.6 Å². The highest BCUT2D eigenvalue weighted by Gasteiger charge is 2.11. The quantitative estimate of drug-likeness (QED) is 0.690. The average Bonchev–Trinajstić information content (AvgIpc) is 2.64. The van der Waals surface area contributed by atoms with Gasteiger partial charge in [0, 0.05) is 36.4 Å². The van der Waals surface area contributed by atoms with Gasteiger partial charge in [-0.05, 0) is 30.7 Å². The summed E-state index contributed by atoms with van der Waals surface area (Å²) in [4.78, 5) is 12.1. The van der Waals surface area contributed by atoms with E-state index in [-0.39, 0.29) is 5.91 Å². The van der Waals surface area contributed by atoms with Crippen LogP contribution in [-0.2, 0) is 11.3 Å². The van der Waals surface area contributed by atoms with Crippen LogP contribution in [0.15, 0.2) is 42.5 Å². The van der Waals surface area contributed by atoms with E-state index >= 15 is 0 Å². The predicted octanol–water partition coefficient (Wildman–Crippen LogP) is 3.69. The lowest BCUT2D eigenvalue weighted by Gasteiger charge is -2.13. The molecule has 0 saturated heterocycles. The summed E-state index contributed by atoms with van der Waals surface area (Å²) in [7, 11) is 3.17. The average molecular weight is 364 g/mol. The van der Waals surface area contributed by atoms with Gasteiger partial charge in [-0.15, -0.1) is 0 Å². The third-order valence-corrected chi connectivity index (χ3v) is 3.95. The Morgan fingerprint density at radius 2 is 1.92 bits per heavy atom. The molecule has 0 aliphatic heterocycles. The standard InChI is InChI=1S/C19H22ClNO4/c1-23-11-5-10-21-19(22)14-8-9-17(18(12-14)24-2)25-13-15-6-3-4-7-16(15)20/h3-4,6-9,12H,5,10-11,13H2,1-2H3,(H,21,22). The molecule has 0 spiro atoms. The fourth-order valence-electron chi connectivity index (χ4n) is 2.22. The third-order valence-electron chi connectivity index (χ3n) is 3.58. The van der Waals surface area contributed by atoms with Gasteiger partial charge >= 0.3 is 0 Å². The number of hydrogen-bond donors (Lipinski definition) is 1. The van der Waals surface area contributed by atoms with Crippen LogP contribution in [0.25, 0.3) is 0 Å². The van der Waals surface area contributed by atoms with Crippen LogP contribution in [0.1, 0.15) is 22.3 Å². The molecular weight excluding hydrogens is 342 g/mol. The highest BCUT2D eigenvalue weighted by molar-refractivity contribution is 6.31. The van der Waals surface area contributed by atoms with Gasteiger partial charge in [0.2, 0.25) is 0 Å². The summed E-state index contributed by atoms with van der Waals surface area (Å²) in [5.41, 5.74) is 1.39. The Kier molecular flexibility index (Phi) is 7.57. The second-order valence-electron chi connectivity index (χ2n) is 5.35. The molecule has 0 bridgehead atoms. The van der Waals surface area contributed by atoms with E-state index in [2.05, 4.69) is 5.32 Å².